The summed E-state index contributed by atoms with van der Waals surface area (Å²) in [5.74, 6) is 0.0841. The SMILES string of the molecule is COc1c(CCCC(=O)O)ccc2[nH]ccc12. The van der Waals surface area contributed by atoms with Gasteiger partial charge < -0.3 is 14.8 Å². The molecule has 0 radical (unpaired) electrons. The highest BCUT2D eigenvalue weighted by atomic mass is 16.5. The second kappa shape index (κ2) is 4.91. The molecule has 2 aromatic rings. The quantitative estimate of drug-likeness (QED) is 0.834. The Morgan fingerprint density at radius 3 is 2.94 bits per heavy atom. The molecule has 0 spiro atoms. The van der Waals surface area contributed by atoms with Gasteiger partial charge in [0.15, 0.2) is 0 Å². The minimum Gasteiger partial charge on any atom is -0.496 e. The van der Waals surface area contributed by atoms with Crippen LogP contribution in [0.3, 0.4) is 0 Å². The molecule has 0 saturated carbocycles. The highest BCUT2D eigenvalue weighted by Gasteiger charge is 2.09. The zero-order valence-corrected chi connectivity index (χ0v) is 9.69. The molecule has 0 aliphatic carbocycles. The second-order valence-corrected chi connectivity index (χ2v) is 3.94. The minimum absolute atomic E-state index is 0.189. The molecule has 2 rings (SSSR count). The standard InChI is InChI=1S/C13H15NO3/c1-17-13-9(3-2-4-12(15)16)5-6-11-10(13)7-8-14-11/h5-8,14H,2-4H2,1H3,(H,15,16). The molecule has 0 amide bonds. The molecule has 0 unspecified atom stereocenters. The summed E-state index contributed by atoms with van der Waals surface area (Å²) in [6.45, 7) is 0. The van der Waals surface area contributed by atoms with Crippen molar-refractivity contribution in [1.29, 1.82) is 0 Å². The van der Waals surface area contributed by atoms with Gasteiger partial charge in [0.05, 0.1) is 7.11 Å². The van der Waals surface area contributed by atoms with Gasteiger partial charge in [-0.25, -0.2) is 0 Å². The molecule has 90 valence electrons. The highest BCUT2D eigenvalue weighted by molar-refractivity contribution is 5.87. The van der Waals surface area contributed by atoms with Crippen molar-refractivity contribution in [3.63, 3.8) is 0 Å². The van der Waals surface area contributed by atoms with E-state index in [1.165, 1.54) is 0 Å². The summed E-state index contributed by atoms with van der Waals surface area (Å²) in [7, 11) is 1.64. The molecule has 0 fully saturated rings. The number of carboxylic acids is 1. The van der Waals surface area contributed by atoms with Crippen molar-refractivity contribution in [3.05, 3.63) is 30.0 Å². The predicted molar refractivity (Wildman–Crippen MR) is 65.4 cm³/mol. The summed E-state index contributed by atoms with van der Waals surface area (Å²) in [6.07, 6.45) is 3.40. The van der Waals surface area contributed by atoms with Crippen molar-refractivity contribution in [3.8, 4) is 5.75 Å². The smallest absolute Gasteiger partial charge is 0.303 e. The monoisotopic (exact) mass is 233 g/mol. The summed E-state index contributed by atoms with van der Waals surface area (Å²) in [4.78, 5) is 13.6. The lowest BCUT2D eigenvalue weighted by molar-refractivity contribution is -0.137. The fourth-order valence-electron chi connectivity index (χ4n) is 2.02. The molecule has 4 heteroatoms. The lowest BCUT2D eigenvalue weighted by Gasteiger charge is -2.09. The molecule has 2 N–H and O–H groups in total. The number of carbonyl (C=O) groups is 1. The summed E-state index contributed by atoms with van der Waals surface area (Å²) in [5.41, 5.74) is 2.09. The van der Waals surface area contributed by atoms with Crippen LogP contribution < -0.4 is 4.74 Å². The Morgan fingerprint density at radius 2 is 2.24 bits per heavy atom. The molecular weight excluding hydrogens is 218 g/mol. The number of carboxylic acid groups (broad SMARTS) is 1. The van der Waals surface area contributed by atoms with Crippen LogP contribution in [0.1, 0.15) is 18.4 Å². The van der Waals surface area contributed by atoms with E-state index in [2.05, 4.69) is 4.98 Å². The fourth-order valence-corrected chi connectivity index (χ4v) is 2.02. The average Bonchev–Trinajstić information content (AvgIpc) is 2.76. The highest BCUT2D eigenvalue weighted by Crippen LogP contribution is 2.30. The van der Waals surface area contributed by atoms with Crippen molar-refractivity contribution in [1.82, 2.24) is 4.98 Å². The number of ether oxygens (including phenoxy) is 1. The van der Waals surface area contributed by atoms with E-state index in [9.17, 15) is 4.79 Å². The molecular formula is C13H15NO3. The van der Waals surface area contributed by atoms with Crippen LogP contribution in [-0.4, -0.2) is 23.2 Å². The predicted octanol–water partition coefficient (Wildman–Crippen LogP) is 2.58. The van der Waals surface area contributed by atoms with Crippen LogP contribution in [0, 0.1) is 0 Å². The number of hydrogen-bond acceptors (Lipinski definition) is 2. The number of H-pyrrole nitrogens is 1. The van der Waals surface area contributed by atoms with Crippen LogP contribution in [0.2, 0.25) is 0 Å². The van der Waals surface area contributed by atoms with E-state index < -0.39 is 5.97 Å². The number of aliphatic carboxylic acids is 1. The number of aromatic amines is 1. The average molecular weight is 233 g/mol. The van der Waals surface area contributed by atoms with Crippen LogP contribution in [-0.2, 0) is 11.2 Å². The van der Waals surface area contributed by atoms with Crippen LogP contribution in [0.4, 0.5) is 0 Å². The zero-order chi connectivity index (χ0) is 12.3. The Hall–Kier alpha value is -1.97. The molecule has 0 bridgehead atoms. The summed E-state index contributed by atoms with van der Waals surface area (Å²) in [5, 5.41) is 9.66. The van der Waals surface area contributed by atoms with Crippen molar-refractivity contribution in [2.75, 3.05) is 7.11 Å². The van der Waals surface area contributed by atoms with Gasteiger partial charge in [0.1, 0.15) is 5.75 Å². The molecule has 1 aromatic carbocycles. The first kappa shape index (κ1) is 11.5. The Balaban J connectivity index is 2.23. The van der Waals surface area contributed by atoms with E-state index in [1.54, 1.807) is 7.11 Å². The van der Waals surface area contributed by atoms with Gasteiger partial charge in [-0.1, -0.05) is 6.07 Å². The Bertz CT molecular complexity index is 530. The van der Waals surface area contributed by atoms with Crippen LogP contribution in [0.15, 0.2) is 24.4 Å². The van der Waals surface area contributed by atoms with E-state index in [4.69, 9.17) is 9.84 Å². The number of nitrogens with one attached hydrogen (secondary N) is 1. The minimum atomic E-state index is -0.758. The molecule has 4 nitrogen and oxygen atoms in total. The maximum Gasteiger partial charge on any atom is 0.303 e. The van der Waals surface area contributed by atoms with Crippen LogP contribution in [0.5, 0.6) is 5.75 Å². The van der Waals surface area contributed by atoms with E-state index in [0.717, 1.165) is 28.6 Å². The molecule has 1 heterocycles. The summed E-state index contributed by atoms with van der Waals surface area (Å²) in [6, 6.07) is 5.95. The largest absolute Gasteiger partial charge is 0.496 e. The third-order valence-electron chi connectivity index (χ3n) is 2.81. The molecule has 0 aliphatic rings. The van der Waals surface area contributed by atoms with Crippen molar-refractivity contribution in [2.24, 2.45) is 0 Å². The molecule has 17 heavy (non-hydrogen) atoms. The van der Waals surface area contributed by atoms with Gasteiger partial charge in [0, 0.05) is 23.5 Å². The van der Waals surface area contributed by atoms with E-state index in [0.29, 0.717) is 6.42 Å². The number of fused-ring (bicyclic) bond motifs is 1. The van der Waals surface area contributed by atoms with Gasteiger partial charge in [0.2, 0.25) is 0 Å². The van der Waals surface area contributed by atoms with Gasteiger partial charge in [-0.2, -0.15) is 0 Å². The summed E-state index contributed by atoms with van der Waals surface area (Å²) >= 11 is 0. The number of aryl methyl sites for hydroxylation is 1. The summed E-state index contributed by atoms with van der Waals surface area (Å²) < 4.78 is 5.41. The third-order valence-corrected chi connectivity index (χ3v) is 2.81. The number of hydrogen-bond donors (Lipinski definition) is 2. The van der Waals surface area contributed by atoms with Crippen LogP contribution in [0.25, 0.3) is 10.9 Å². The third kappa shape index (κ3) is 2.41. The topological polar surface area (TPSA) is 62.3 Å². The van der Waals surface area contributed by atoms with Gasteiger partial charge in [-0.15, -0.1) is 0 Å². The maximum atomic E-state index is 10.5. The number of benzene rings is 1. The van der Waals surface area contributed by atoms with E-state index in [-0.39, 0.29) is 6.42 Å². The zero-order valence-electron chi connectivity index (χ0n) is 9.69. The van der Waals surface area contributed by atoms with Crippen molar-refractivity contribution >= 4 is 16.9 Å². The number of aromatic nitrogens is 1. The molecule has 0 atom stereocenters. The van der Waals surface area contributed by atoms with Gasteiger partial charge in [-0.3, -0.25) is 4.79 Å². The van der Waals surface area contributed by atoms with Gasteiger partial charge >= 0.3 is 5.97 Å². The second-order valence-electron chi connectivity index (χ2n) is 3.94. The van der Waals surface area contributed by atoms with Crippen LogP contribution >= 0.6 is 0 Å². The molecule has 1 aromatic heterocycles. The first-order valence-electron chi connectivity index (χ1n) is 5.57. The first-order valence-corrected chi connectivity index (χ1v) is 5.57. The van der Waals surface area contributed by atoms with E-state index in [1.807, 2.05) is 24.4 Å². The lowest BCUT2D eigenvalue weighted by Crippen LogP contribution is -1.98. The fraction of sp³-hybridized carbons (Fsp3) is 0.308. The van der Waals surface area contributed by atoms with Gasteiger partial charge in [-0.05, 0) is 30.5 Å². The normalized spacial score (nSPS) is 10.6. The Morgan fingerprint density at radius 1 is 1.41 bits per heavy atom. The van der Waals surface area contributed by atoms with Crippen molar-refractivity contribution < 1.29 is 14.6 Å². The Labute approximate surface area is 99.2 Å². The maximum absolute atomic E-state index is 10.5. The Kier molecular flexibility index (Phi) is 3.32. The van der Waals surface area contributed by atoms with Crippen molar-refractivity contribution in [2.45, 2.75) is 19.3 Å². The number of rotatable bonds is 5. The first-order chi connectivity index (χ1) is 8.22. The van der Waals surface area contributed by atoms with Gasteiger partial charge in [0.25, 0.3) is 0 Å². The molecule has 0 aliphatic heterocycles. The molecule has 0 saturated heterocycles. The van der Waals surface area contributed by atoms with E-state index >= 15 is 0 Å². The lowest BCUT2D eigenvalue weighted by atomic mass is 10.0. The number of methoxy groups -OCH3 is 1.